The molecule has 1 unspecified atom stereocenters. The number of anilines is 1. The van der Waals surface area contributed by atoms with Gasteiger partial charge in [-0.1, -0.05) is 23.7 Å². The van der Waals surface area contributed by atoms with Gasteiger partial charge in [-0.25, -0.2) is 8.78 Å². The van der Waals surface area contributed by atoms with Crippen molar-refractivity contribution in [3.05, 3.63) is 64.2 Å². The Morgan fingerprint density at radius 3 is 2.33 bits per heavy atom. The predicted octanol–water partition coefficient (Wildman–Crippen LogP) is 3.69. The summed E-state index contributed by atoms with van der Waals surface area (Å²) in [5.74, 6) is -2.04. The Balaban J connectivity index is 2.28. The Morgan fingerprint density at radius 1 is 1.19 bits per heavy atom. The number of hydrogen-bond acceptors (Lipinski definition) is 2. The fourth-order valence-electron chi connectivity index (χ4n) is 2.05. The van der Waals surface area contributed by atoms with Gasteiger partial charge in [0.2, 0.25) is 0 Å². The molecule has 0 radical (unpaired) electrons. The molecular formula is C15H13ClF2N2O. The van der Waals surface area contributed by atoms with Crippen LogP contribution in [0.1, 0.15) is 28.9 Å². The van der Waals surface area contributed by atoms with Crippen LogP contribution >= 0.6 is 11.6 Å². The molecule has 0 aliphatic carbocycles. The van der Waals surface area contributed by atoms with Gasteiger partial charge in [-0.05, 0) is 31.2 Å². The minimum Gasteiger partial charge on any atom is -0.398 e. The molecule has 2 aromatic rings. The fraction of sp³-hybridized carbons (Fsp3) is 0.133. The average molecular weight is 311 g/mol. The van der Waals surface area contributed by atoms with Gasteiger partial charge < -0.3 is 11.1 Å². The van der Waals surface area contributed by atoms with Crippen LogP contribution in [0, 0.1) is 11.6 Å². The molecule has 2 aromatic carbocycles. The van der Waals surface area contributed by atoms with Crippen LogP contribution in [0.15, 0.2) is 36.4 Å². The zero-order valence-electron chi connectivity index (χ0n) is 11.2. The maximum atomic E-state index is 13.7. The molecule has 0 heterocycles. The highest BCUT2D eigenvalue weighted by molar-refractivity contribution is 6.34. The molecule has 0 saturated carbocycles. The zero-order valence-corrected chi connectivity index (χ0v) is 11.9. The lowest BCUT2D eigenvalue weighted by molar-refractivity contribution is 0.0940. The quantitative estimate of drug-likeness (QED) is 0.849. The van der Waals surface area contributed by atoms with Gasteiger partial charge in [-0.3, -0.25) is 4.79 Å². The summed E-state index contributed by atoms with van der Waals surface area (Å²) in [7, 11) is 0. The van der Waals surface area contributed by atoms with Crippen molar-refractivity contribution in [2.75, 3.05) is 5.73 Å². The van der Waals surface area contributed by atoms with E-state index in [9.17, 15) is 13.6 Å². The van der Waals surface area contributed by atoms with E-state index in [2.05, 4.69) is 5.32 Å². The number of carbonyl (C=O) groups is 1. The van der Waals surface area contributed by atoms with Crippen molar-refractivity contribution in [1.29, 1.82) is 0 Å². The van der Waals surface area contributed by atoms with Gasteiger partial charge in [0.15, 0.2) is 0 Å². The Hall–Kier alpha value is -2.14. The molecular weight excluding hydrogens is 298 g/mol. The zero-order chi connectivity index (χ0) is 15.6. The largest absolute Gasteiger partial charge is 0.398 e. The third kappa shape index (κ3) is 3.13. The van der Waals surface area contributed by atoms with Gasteiger partial charge in [0.05, 0.1) is 16.6 Å². The highest BCUT2D eigenvalue weighted by Gasteiger charge is 2.21. The standard InChI is InChI=1S/C15H13ClF2N2O/c1-8(13-10(17)5-3-6-11(13)18)20-15(21)14-9(16)4-2-7-12(14)19/h2-8H,19H2,1H3,(H,20,21). The number of nitrogens with one attached hydrogen (secondary N) is 1. The molecule has 2 rings (SSSR count). The fourth-order valence-corrected chi connectivity index (χ4v) is 2.31. The van der Waals surface area contributed by atoms with Crippen LogP contribution in [0.4, 0.5) is 14.5 Å². The SMILES string of the molecule is CC(NC(=O)c1c(N)cccc1Cl)c1c(F)cccc1F. The van der Waals surface area contributed by atoms with E-state index < -0.39 is 23.6 Å². The normalized spacial score (nSPS) is 12.0. The first-order chi connectivity index (χ1) is 9.91. The molecule has 1 atom stereocenters. The van der Waals surface area contributed by atoms with Crippen molar-refractivity contribution < 1.29 is 13.6 Å². The summed E-state index contributed by atoms with van der Waals surface area (Å²) in [6.07, 6.45) is 0. The number of halogens is 3. The molecule has 110 valence electrons. The van der Waals surface area contributed by atoms with Crippen molar-refractivity contribution in [1.82, 2.24) is 5.32 Å². The van der Waals surface area contributed by atoms with E-state index in [1.807, 2.05) is 0 Å². The minimum absolute atomic E-state index is 0.0859. The van der Waals surface area contributed by atoms with Crippen LogP contribution in [0.25, 0.3) is 0 Å². The van der Waals surface area contributed by atoms with Crippen molar-refractivity contribution >= 4 is 23.2 Å². The lowest BCUT2D eigenvalue weighted by Crippen LogP contribution is -2.28. The molecule has 0 saturated heterocycles. The van der Waals surface area contributed by atoms with Crippen LogP contribution in [0.5, 0.6) is 0 Å². The smallest absolute Gasteiger partial charge is 0.255 e. The maximum absolute atomic E-state index is 13.7. The molecule has 3 N–H and O–H groups in total. The predicted molar refractivity (Wildman–Crippen MR) is 78.1 cm³/mol. The first-order valence-electron chi connectivity index (χ1n) is 6.20. The summed E-state index contributed by atoms with van der Waals surface area (Å²) >= 11 is 5.93. The molecule has 21 heavy (non-hydrogen) atoms. The minimum atomic E-state index is -0.866. The van der Waals surface area contributed by atoms with Crippen LogP contribution in [0.2, 0.25) is 5.02 Å². The number of rotatable bonds is 3. The second-order valence-corrected chi connectivity index (χ2v) is 4.94. The second-order valence-electron chi connectivity index (χ2n) is 4.53. The number of hydrogen-bond donors (Lipinski definition) is 2. The van der Waals surface area contributed by atoms with Crippen molar-refractivity contribution in [3.63, 3.8) is 0 Å². The molecule has 3 nitrogen and oxygen atoms in total. The second kappa shape index (κ2) is 6.10. The van der Waals surface area contributed by atoms with Crippen LogP contribution in [-0.2, 0) is 0 Å². The van der Waals surface area contributed by atoms with Gasteiger partial charge in [-0.2, -0.15) is 0 Å². The van der Waals surface area contributed by atoms with Crippen molar-refractivity contribution in [2.24, 2.45) is 0 Å². The van der Waals surface area contributed by atoms with E-state index in [1.54, 1.807) is 6.07 Å². The Kier molecular flexibility index (Phi) is 4.43. The highest BCUT2D eigenvalue weighted by Crippen LogP contribution is 2.24. The Labute approximate surface area is 125 Å². The third-order valence-electron chi connectivity index (χ3n) is 3.05. The number of nitrogen functional groups attached to an aromatic ring is 1. The molecule has 1 amide bonds. The highest BCUT2D eigenvalue weighted by atomic mass is 35.5. The molecule has 0 fully saturated rings. The van der Waals surface area contributed by atoms with Crippen molar-refractivity contribution in [2.45, 2.75) is 13.0 Å². The molecule has 0 spiro atoms. The number of carbonyl (C=O) groups excluding carboxylic acids is 1. The monoisotopic (exact) mass is 310 g/mol. The number of nitrogens with two attached hydrogens (primary N) is 1. The Bertz CT molecular complexity index is 651. The van der Waals surface area contributed by atoms with Crippen LogP contribution in [-0.4, -0.2) is 5.91 Å². The summed E-state index contributed by atoms with van der Waals surface area (Å²) in [4.78, 5) is 12.2. The summed E-state index contributed by atoms with van der Waals surface area (Å²) in [5.41, 5.74) is 5.77. The molecule has 0 aliphatic heterocycles. The van der Waals surface area contributed by atoms with E-state index in [1.165, 1.54) is 25.1 Å². The van der Waals surface area contributed by atoms with E-state index in [0.29, 0.717) is 0 Å². The molecule has 0 aliphatic rings. The maximum Gasteiger partial charge on any atom is 0.255 e. The number of benzene rings is 2. The van der Waals surface area contributed by atoms with Crippen LogP contribution in [0.3, 0.4) is 0 Å². The van der Waals surface area contributed by atoms with E-state index >= 15 is 0 Å². The van der Waals surface area contributed by atoms with E-state index in [-0.39, 0.29) is 21.8 Å². The lowest BCUT2D eigenvalue weighted by Gasteiger charge is -2.17. The Morgan fingerprint density at radius 2 is 1.76 bits per heavy atom. The van der Waals surface area contributed by atoms with Gasteiger partial charge in [-0.15, -0.1) is 0 Å². The number of amides is 1. The topological polar surface area (TPSA) is 55.1 Å². The lowest BCUT2D eigenvalue weighted by atomic mass is 10.1. The van der Waals surface area contributed by atoms with Gasteiger partial charge in [0, 0.05) is 11.3 Å². The van der Waals surface area contributed by atoms with Gasteiger partial charge in [0.25, 0.3) is 5.91 Å². The third-order valence-corrected chi connectivity index (χ3v) is 3.37. The summed E-state index contributed by atoms with van der Waals surface area (Å²) in [6.45, 7) is 1.48. The van der Waals surface area contributed by atoms with Crippen LogP contribution < -0.4 is 11.1 Å². The molecule has 0 aromatic heterocycles. The molecule has 0 bridgehead atoms. The summed E-state index contributed by atoms with van der Waals surface area (Å²) in [6, 6.07) is 7.30. The van der Waals surface area contributed by atoms with Gasteiger partial charge >= 0.3 is 0 Å². The van der Waals surface area contributed by atoms with E-state index in [4.69, 9.17) is 17.3 Å². The average Bonchev–Trinajstić information content (AvgIpc) is 2.38. The van der Waals surface area contributed by atoms with Gasteiger partial charge in [0.1, 0.15) is 11.6 Å². The molecule has 6 heteroatoms. The first kappa shape index (κ1) is 15.3. The van der Waals surface area contributed by atoms with E-state index in [0.717, 1.165) is 12.1 Å². The summed E-state index contributed by atoms with van der Waals surface area (Å²) in [5, 5.41) is 2.67. The summed E-state index contributed by atoms with van der Waals surface area (Å²) < 4.78 is 27.3. The van der Waals surface area contributed by atoms with Crippen molar-refractivity contribution in [3.8, 4) is 0 Å². The first-order valence-corrected chi connectivity index (χ1v) is 6.58.